The molecule has 0 radical (unpaired) electrons. The highest BCUT2D eigenvalue weighted by molar-refractivity contribution is 5.80. The van der Waals surface area contributed by atoms with Gasteiger partial charge in [-0.05, 0) is 38.3 Å². The van der Waals surface area contributed by atoms with Gasteiger partial charge in [0, 0.05) is 6.54 Å². The quantitative estimate of drug-likeness (QED) is 0.773. The Morgan fingerprint density at radius 1 is 1.00 bits per heavy atom. The molecule has 2 aromatic carbocycles. The molecule has 2 amide bonds. The first kappa shape index (κ1) is 19.9. The zero-order chi connectivity index (χ0) is 20.1. The molecule has 3 rings (SSSR count). The number of hydrogen-bond acceptors (Lipinski definition) is 3. The van der Waals surface area contributed by atoms with E-state index in [0.717, 1.165) is 11.1 Å². The van der Waals surface area contributed by atoms with Gasteiger partial charge in [-0.2, -0.15) is 0 Å². The molecule has 1 N–H and O–H groups in total. The Labute approximate surface area is 166 Å². The second kappa shape index (κ2) is 8.46. The van der Waals surface area contributed by atoms with E-state index in [1.807, 2.05) is 86.3 Å². The van der Waals surface area contributed by atoms with Crippen molar-refractivity contribution >= 4 is 12.0 Å². The predicted octanol–water partition coefficient (Wildman–Crippen LogP) is 3.92. The maximum Gasteiger partial charge on any atom is 0.318 e. The minimum Gasteiger partial charge on any atom is -0.460 e. The van der Waals surface area contributed by atoms with Gasteiger partial charge in [0.1, 0.15) is 5.60 Å². The Morgan fingerprint density at radius 2 is 1.57 bits per heavy atom. The van der Waals surface area contributed by atoms with Gasteiger partial charge in [-0.25, -0.2) is 4.79 Å². The Bertz CT molecular complexity index is 800. The number of amides is 2. The van der Waals surface area contributed by atoms with E-state index in [0.29, 0.717) is 13.0 Å². The number of carbonyl (C=O) groups excluding carboxylic acids is 2. The Morgan fingerprint density at radius 3 is 2.14 bits per heavy atom. The van der Waals surface area contributed by atoms with Crippen molar-refractivity contribution in [1.82, 2.24) is 10.2 Å². The molecule has 1 saturated heterocycles. The number of esters is 1. The fourth-order valence-corrected chi connectivity index (χ4v) is 3.53. The number of ether oxygens (including phenoxy) is 1. The summed E-state index contributed by atoms with van der Waals surface area (Å²) in [4.78, 5) is 26.9. The lowest BCUT2D eigenvalue weighted by atomic mass is 9.97. The molecule has 28 heavy (non-hydrogen) atoms. The van der Waals surface area contributed by atoms with Gasteiger partial charge in [-0.1, -0.05) is 60.7 Å². The highest BCUT2D eigenvalue weighted by Gasteiger charge is 2.40. The number of urea groups is 1. The van der Waals surface area contributed by atoms with Crippen LogP contribution in [0.2, 0.25) is 0 Å². The molecule has 0 spiro atoms. The highest BCUT2D eigenvalue weighted by Crippen LogP contribution is 2.24. The van der Waals surface area contributed by atoms with E-state index < -0.39 is 5.60 Å². The van der Waals surface area contributed by atoms with E-state index in [2.05, 4.69) is 5.32 Å². The molecule has 0 saturated carbocycles. The summed E-state index contributed by atoms with van der Waals surface area (Å²) in [7, 11) is 0. The summed E-state index contributed by atoms with van der Waals surface area (Å²) in [6.45, 7) is 6.05. The lowest BCUT2D eigenvalue weighted by Gasteiger charge is -2.27. The number of hydrogen-bond donors (Lipinski definition) is 1. The molecule has 1 fully saturated rings. The maximum atomic E-state index is 12.7. The predicted molar refractivity (Wildman–Crippen MR) is 109 cm³/mol. The van der Waals surface area contributed by atoms with Crippen molar-refractivity contribution in [2.45, 2.75) is 57.8 Å². The van der Waals surface area contributed by atoms with E-state index in [-0.39, 0.29) is 30.5 Å². The second-order valence-electron chi connectivity index (χ2n) is 8.22. The molecule has 1 aliphatic heterocycles. The van der Waals surface area contributed by atoms with Crippen LogP contribution in [0.1, 0.15) is 38.3 Å². The average molecular weight is 380 g/mol. The monoisotopic (exact) mass is 380 g/mol. The largest absolute Gasteiger partial charge is 0.460 e. The molecule has 1 heterocycles. The third-order valence-electron chi connectivity index (χ3n) is 4.72. The fraction of sp³-hybridized carbons (Fsp3) is 0.391. The van der Waals surface area contributed by atoms with Gasteiger partial charge in [-0.3, -0.25) is 4.79 Å². The van der Waals surface area contributed by atoms with Crippen molar-refractivity contribution in [1.29, 1.82) is 0 Å². The van der Waals surface area contributed by atoms with Gasteiger partial charge < -0.3 is 15.0 Å². The summed E-state index contributed by atoms with van der Waals surface area (Å²) in [6, 6.07) is 19.4. The molecule has 0 bridgehead atoms. The van der Waals surface area contributed by atoms with Crippen LogP contribution in [0.5, 0.6) is 0 Å². The van der Waals surface area contributed by atoms with Crippen LogP contribution in [0.3, 0.4) is 0 Å². The molecule has 0 aromatic heterocycles. The minimum atomic E-state index is -0.543. The molecular weight excluding hydrogens is 352 g/mol. The van der Waals surface area contributed by atoms with Gasteiger partial charge in [0.25, 0.3) is 0 Å². The van der Waals surface area contributed by atoms with Gasteiger partial charge in [0.2, 0.25) is 0 Å². The molecule has 5 nitrogen and oxygen atoms in total. The van der Waals surface area contributed by atoms with Crippen LogP contribution < -0.4 is 5.32 Å². The smallest absolute Gasteiger partial charge is 0.318 e. The van der Waals surface area contributed by atoms with Crippen molar-refractivity contribution in [2.75, 3.05) is 0 Å². The Hall–Kier alpha value is -2.82. The average Bonchev–Trinajstić information content (AvgIpc) is 2.90. The van der Waals surface area contributed by atoms with E-state index in [4.69, 9.17) is 4.74 Å². The van der Waals surface area contributed by atoms with Crippen molar-refractivity contribution in [3.05, 3.63) is 71.8 Å². The third kappa shape index (κ3) is 5.35. The van der Waals surface area contributed by atoms with Crippen molar-refractivity contribution in [3.8, 4) is 0 Å². The zero-order valence-corrected chi connectivity index (χ0v) is 16.7. The molecular formula is C23H28N2O3. The van der Waals surface area contributed by atoms with Crippen molar-refractivity contribution < 1.29 is 14.3 Å². The summed E-state index contributed by atoms with van der Waals surface area (Å²) in [5.74, 6) is -0.294. The molecule has 5 heteroatoms. The zero-order valence-electron chi connectivity index (χ0n) is 16.7. The van der Waals surface area contributed by atoms with Crippen LogP contribution in [-0.4, -0.2) is 34.6 Å². The molecule has 2 atom stereocenters. The standard InChI is InChI=1S/C23H28N2O3/c1-23(2,3)28-21(26)15-19-20(14-17-10-6-4-7-11-17)25(22(27)24-19)16-18-12-8-5-9-13-18/h4-13,19-20H,14-16H2,1-3H3,(H,24,27)/t19-,20+/m1/s1. The molecule has 0 unspecified atom stereocenters. The van der Waals surface area contributed by atoms with E-state index >= 15 is 0 Å². The second-order valence-corrected chi connectivity index (χ2v) is 8.22. The Balaban J connectivity index is 1.79. The number of nitrogens with zero attached hydrogens (tertiary/aromatic N) is 1. The van der Waals surface area contributed by atoms with Crippen LogP contribution in [0.25, 0.3) is 0 Å². The molecule has 148 valence electrons. The number of carbonyl (C=O) groups is 2. The van der Waals surface area contributed by atoms with Gasteiger partial charge in [-0.15, -0.1) is 0 Å². The molecule has 2 aromatic rings. The van der Waals surface area contributed by atoms with E-state index in [1.54, 1.807) is 0 Å². The summed E-state index contributed by atoms with van der Waals surface area (Å²) < 4.78 is 5.48. The third-order valence-corrected chi connectivity index (χ3v) is 4.72. The summed E-state index contributed by atoms with van der Waals surface area (Å²) in [5, 5.41) is 3.00. The first-order valence-corrected chi connectivity index (χ1v) is 9.69. The minimum absolute atomic E-state index is 0.123. The van der Waals surface area contributed by atoms with Gasteiger partial charge in [0.05, 0.1) is 18.5 Å². The first-order chi connectivity index (χ1) is 13.3. The molecule has 0 aliphatic carbocycles. The van der Waals surface area contributed by atoms with Gasteiger partial charge >= 0.3 is 12.0 Å². The van der Waals surface area contributed by atoms with Crippen LogP contribution in [0, 0.1) is 0 Å². The molecule has 1 aliphatic rings. The highest BCUT2D eigenvalue weighted by atomic mass is 16.6. The van der Waals surface area contributed by atoms with Crippen molar-refractivity contribution in [2.24, 2.45) is 0 Å². The fourth-order valence-electron chi connectivity index (χ4n) is 3.53. The van der Waals surface area contributed by atoms with Gasteiger partial charge in [0.15, 0.2) is 0 Å². The van der Waals surface area contributed by atoms with Crippen LogP contribution in [-0.2, 0) is 22.5 Å². The SMILES string of the molecule is CC(C)(C)OC(=O)C[C@H]1NC(=O)N(Cc2ccccc2)[C@H]1Cc1ccccc1. The maximum absolute atomic E-state index is 12.7. The van der Waals surface area contributed by atoms with E-state index in [1.165, 1.54) is 0 Å². The summed E-state index contributed by atoms with van der Waals surface area (Å²) in [5.41, 5.74) is 1.66. The summed E-state index contributed by atoms with van der Waals surface area (Å²) in [6.07, 6.45) is 0.839. The lowest BCUT2D eigenvalue weighted by Crippen LogP contribution is -2.40. The first-order valence-electron chi connectivity index (χ1n) is 9.69. The summed E-state index contributed by atoms with van der Waals surface area (Å²) >= 11 is 0. The number of benzene rings is 2. The lowest BCUT2D eigenvalue weighted by molar-refractivity contribution is -0.155. The normalized spacial score (nSPS) is 19.4. The van der Waals surface area contributed by atoms with Crippen LogP contribution >= 0.6 is 0 Å². The number of rotatable bonds is 6. The van der Waals surface area contributed by atoms with E-state index in [9.17, 15) is 9.59 Å². The topological polar surface area (TPSA) is 58.6 Å². The Kier molecular flexibility index (Phi) is 6.02. The van der Waals surface area contributed by atoms with Crippen LogP contribution in [0.15, 0.2) is 60.7 Å². The van der Waals surface area contributed by atoms with Crippen LogP contribution in [0.4, 0.5) is 4.79 Å². The van der Waals surface area contributed by atoms with Crippen molar-refractivity contribution in [3.63, 3.8) is 0 Å². The number of nitrogens with one attached hydrogen (secondary N) is 1.